The van der Waals surface area contributed by atoms with Crippen molar-refractivity contribution in [3.63, 3.8) is 0 Å². The van der Waals surface area contributed by atoms with Crippen LogP contribution in [0.1, 0.15) is 20.3 Å². The molecule has 0 bridgehead atoms. The molecule has 1 aliphatic rings. The first-order valence-electron chi connectivity index (χ1n) is 5.29. The minimum Gasteiger partial charge on any atom is -0.415 e. The Morgan fingerprint density at radius 1 is 1.43 bits per heavy atom. The monoisotopic (exact) mass is 220 g/mol. The lowest BCUT2D eigenvalue weighted by molar-refractivity contribution is 0.157. The summed E-state index contributed by atoms with van der Waals surface area (Å²) in [5.41, 5.74) is 0.164. The molecule has 0 amide bonds. The van der Waals surface area contributed by atoms with E-state index in [9.17, 15) is 0 Å². The van der Waals surface area contributed by atoms with Crippen molar-refractivity contribution in [1.82, 2.24) is 0 Å². The summed E-state index contributed by atoms with van der Waals surface area (Å²) in [6.07, 6.45) is 1.74. The van der Waals surface area contributed by atoms with E-state index in [1.807, 2.05) is 6.92 Å². The molecule has 0 spiro atoms. The van der Waals surface area contributed by atoms with Gasteiger partial charge >= 0.3 is 0 Å². The van der Waals surface area contributed by atoms with Crippen molar-refractivity contribution in [2.45, 2.75) is 32.1 Å². The molecule has 1 rings (SSSR count). The van der Waals surface area contributed by atoms with Crippen LogP contribution in [0.2, 0.25) is 0 Å². The van der Waals surface area contributed by atoms with Gasteiger partial charge in [-0.3, -0.25) is 0 Å². The van der Waals surface area contributed by atoms with Crippen molar-refractivity contribution in [2.24, 2.45) is 0 Å². The molecule has 3 atom stereocenters. The summed E-state index contributed by atoms with van der Waals surface area (Å²) in [7, 11) is -1.41. The van der Waals surface area contributed by atoms with Gasteiger partial charge in [-0.1, -0.05) is 6.92 Å². The third-order valence-corrected chi connectivity index (χ3v) is 4.82. The number of aliphatic hydroxyl groups is 1. The Hall–Kier alpha value is 0.0569. The normalized spacial score (nSPS) is 27.6. The van der Waals surface area contributed by atoms with E-state index >= 15 is 0 Å². The molecule has 3 unspecified atom stereocenters. The molecule has 0 aromatic carbocycles. The molecular weight excluding hydrogens is 200 g/mol. The highest BCUT2D eigenvalue weighted by atomic mass is 28.3. The topological polar surface area (TPSA) is 51.2 Å². The van der Waals surface area contributed by atoms with E-state index in [4.69, 9.17) is 19.0 Å². The largest absolute Gasteiger partial charge is 0.415 e. The van der Waals surface area contributed by atoms with E-state index < -0.39 is 9.04 Å². The van der Waals surface area contributed by atoms with Crippen LogP contribution in [0, 0.1) is 0 Å². The zero-order valence-electron chi connectivity index (χ0n) is 8.94. The van der Waals surface area contributed by atoms with Crippen molar-refractivity contribution >= 4 is 9.04 Å². The molecule has 0 aromatic heterocycles. The SMILES string of the molecule is CCCOC[SiH](OCC)C1OC1CO. The number of rotatable bonds is 8. The Morgan fingerprint density at radius 2 is 2.21 bits per heavy atom. The Labute approximate surface area is 86.9 Å². The molecule has 0 aromatic rings. The fourth-order valence-corrected chi connectivity index (χ4v) is 3.71. The predicted octanol–water partition coefficient (Wildman–Crippen LogP) is 0.0114. The van der Waals surface area contributed by atoms with Crippen LogP contribution in [0.5, 0.6) is 0 Å². The average molecular weight is 220 g/mol. The fraction of sp³-hybridized carbons (Fsp3) is 1.00. The molecule has 14 heavy (non-hydrogen) atoms. The summed E-state index contributed by atoms with van der Waals surface area (Å²) in [6, 6.07) is 0. The van der Waals surface area contributed by atoms with Crippen LogP contribution in [0.4, 0.5) is 0 Å². The molecule has 0 aliphatic carbocycles. The second kappa shape index (κ2) is 6.52. The molecule has 1 fully saturated rings. The maximum absolute atomic E-state index is 8.87. The second-order valence-corrected chi connectivity index (χ2v) is 5.79. The van der Waals surface area contributed by atoms with Crippen LogP contribution in [0.15, 0.2) is 0 Å². The molecule has 4 nitrogen and oxygen atoms in total. The number of epoxide rings is 1. The summed E-state index contributed by atoms with van der Waals surface area (Å²) in [4.78, 5) is 0. The first-order chi connectivity index (χ1) is 6.83. The van der Waals surface area contributed by atoms with Gasteiger partial charge in [-0.05, 0) is 13.3 Å². The van der Waals surface area contributed by atoms with Gasteiger partial charge in [-0.15, -0.1) is 0 Å². The summed E-state index contributed by atoms with van der Waals surface area (Å²) < 4.78 is 16.4. The number of ether oxygens (including phenoxy) is 2. The molecule has 5 heteroatoms. The Kier molecular flexibility index (Phi) is 5.65. The minimum absolute atomic E-state index is 0.0171. The molecular formula is C9H20O4Si. The van der Waals surface area contributed by atoms with Gasteiger partial charge in [0.1, 0.15) is 11.8 Å². The van der Waals surface area contributed by atoms with Crippen LogP contribution in [0.3, 0.4) is 0 Å². The predicted molar refractivity (Wildman–Crippen MR) is 55.6 cm³/mol. The van der Waals surface area contributed by atoms with E-state index in [2.05, 4.69) is 6.92 Å². The zero-order chi connectivity index (χ0) is 10.4. The third kappa shape index (κ3) is 3.66. The van der Waals surface area contributed by atoms with E-state index in [1.165, 1.54) is 0 Å². The fourth-order valence-electron chi connectivity index (χ4n) is 1.43. The minimum atomic E-state index is -1.41. The van der Waals surface area contributed by atoms with Crippen molar-refractivity contribution in [3.8, 4) is 0 Å². The van der Waals surface area contributed by atoms with E-state index in [-0.39, 0.29) is 18.4 Å². The Bertz CT molecular complexity index is 156. The Balaban J connectivity index is 2.18. The van der Waals surface area contributed by atoms with Crippen molar-refractivity contribution in [2.75, 3.05) is 26.1 Å². The maximum atomic E-state index is 8.87. The zero-order valence-corrected chi connectivity index (χ0v) is 10.1. The molecule has 0 saturated carbocycles. The second-order valence-electron chi connectivity index (χ2n) is 3.39. The standard InChI is InChI=1S/C9H20O4Si/c1-3-5-11-7-14(12-4-2)9-8(6-10)13-9/h8-10,14H,3-7H2,1-2H3. The van der Waals surface area contributed by atoms with Gasteiger partial charge in [0.25, 0.3) is 0 Å². The summed E-state index contributed by atoms with van der Waals surface area (Å²) in [5.74, 6) is 0. The van der Waals surface area contributed by atoms with Crippen molar-refractivity contribution < 1.29 is 19.0 Å². The molecule has 1 heterocycles. The van der Waals surface area contributed by atoms with Gasteiger partial charge in [-0.2, -0.15) is 0 Å². The molecule has 0 radical (unpaired) electrons. The van der Waals surface area contributed by atoms with Gasteiger partial charge < -0.3 is 19.0 Å². The lowest BCUT2D eigenvalue weighted by Crippen LogP contribution is -2.34. The summed E-state index contributed by atoms with van der Waals surface area (Å²) in [6.45, 7) is 5.67. The van der Waals surface area contributed by atoms with Crippen molar-refractivity contribution in [3.05, 3.63) is 0 Å². The van der Waals surface area contributed by atoms with Crippen LogP contribution in [-0.2, 0) is 13.9 Å². The van der Waals surface area contributed by atoms with Gasteiger partial charge in [0.15, 0.2) is 0 Å². The van der Waals surface area contributed by atoms with E-state index in [1.54, 1.807) is 0 Å². The number of hydrogen-bond donors (Lipinski definition) is 1. The molecule has 84 valence electrons. The van der Waals surface area contributed by atoms with E-state index in [0.717, 1.165) is 13.0 Å². The first-order valence-corrected chi connectivity index (χ1v) is 7.24. The number of hydrogen-bond acceptors (Lipinski definition) is 4. The van der Waals surface area contributed by atoms with Gasteiger partial charge in [0.2, 0.25) is 9.04 Å². The van der Waals surface area contributed by atoms with Gasteiger partial charge in [-0.25, -0.2) is 0 Å². The van der Waals surface area contributed by atoms with Gasteiger partial charge in [0.05, 0.1) is 12.8 Å². The van der Waals surface area contributed by atoms with Crippen LogP contribution in [-0.4, -0.2) is 52.0 Å². The van der Waals surface area contributed by atoms with Crippen molar-refractivity contribution in [1.29, 1.82) is 0 Å². The smallest absolute Gasteiger partial charge is 0.233 e. The van der Waals surface area contributed by atoms with Crippen LogP contribution in [0.25, 0.3) is 0 Å². The summed E-state index contributed by atoms with van der Waals surface area (Å²) in [5, 5.41) is 8.87. The molecule has 1 saturated heterocycles. The first kappa shape index (κ1) is 12.1. The molecule has 1 aliphatic heterocycles. The summed E-state index contributed by atoms with van der Waals surface area (Å²) >= 11 is 0. The van der Waals surface area contributed by atoms with Crippen LogP contribution >= 0.6 is 0 Å². The number of aliphatic hydroxyl groups excluding tert-OH is 1. The quantitative estimate of drug-likeness (QED) is 0.356. The van der Waals surface area contributed by atoms with Crippen LogP contribution < -0.4 is 0 Å². The average Bonchev–Trinajstić information content (AvgIpc) is 2.96. The maximum Gasteiger partial charge on any atom is 0.233 e. The van der Waals surface area contributed by atoms with Gasteiger partial charge in [0, 0.05) is 13.2 Å². The highest BCUT2D eigenvalue weighted by Gasteiger charge is 2.46. The highest BCUT2D eigenvalue weighted by molar-refractivity contribution is 6.54. The lowest BCUT2D eigenvalue weighted by atomic mass is 10.5. The Morgan fingerprint density at radius 3 is 2.71 bits per heavy atom. The van der Waals surface area contributed by atoms with E-state index in [0.29, 0.717) is 12.8 Å². The highest BCUT2D eigenvalue weighted by Crippen LogP contribution is 2.24. The third-order valence-electron chi connectivity index (χ3n) is 2.18. The molecule has 1 N–H and O–H groups in total. The lowest BCUT2D eigenvalue weighted by Gasteiger charge is -2.12.